The Balaban J connectivity index is 1.83. The lowest BCUT2D eigenvalue weighted by Gasteiger charge is -2.41. The predicted octanol–water partition coefficient (Wildman–Crippen LogP) is 1.42. The van der Waals surface area contributed by atoms with E-state index in [-0.39, 0.29) is 6.04 Å². The summed E-state index contributed by atoms with van der Waals surface area (Å²) in [5.74, 6) is 0.741. The van der Waals surface area contributed by atoms with Crippen LogP contribution in [0.1, 0.15) is 41.0 Å². The summed E-state index contributed by atoms with van der Waals surface area (Å²) in [5, 5.41) is 0. The van der Waals surface area contributed by atoms with Crippen molar-refractivity contribution in [1.29, 1.82) is 0 Å². The fraction of sp³-hybridized carbons (Fsp3) is 0.933. The Morgan fingerprint density at radius 3 is 2.09 bits per heavy atom. The molecule has 2 atom stereocenters. The maximum atomic E-state index is 12.5. The Kier molecular flexibility index (Phi) is 5.27. The number of nitrogens with one attached hydrogen (secondary N) is 1. The Morgan fingerprint density at radius 2 is 1.61 bits per heavy atom. The first kappa shape index (κ1) is 18.5. The minimum absolute atomic E-state index is 0.236. The zero-order valence-corrected chi connectivity index (χ0v) is 15.5. The van der Waals surface area contributed by atoms with Gasteiger partial charge < -0.3 is 9.64 Å². The smallest absolute Gasteiger partial charge is 0.410 e. The van der Waals surface area contributed by atoms with E-state index in [4.69, 9.17) is 4.74 Å². The van der Waals surface area contributed by atoms with Gasteiger partial charge in [0.1, 0.15) is 5.60 Å². The monoisotopic (exact) mass is 347 g/mol. The molecule has 0 aromatic heterocycles. The first-order valence-corrected chi connectivity index (χ1v) is 9.65. The highest BCUT2D eigenvalue weighted by molar-refractivity contribution is 7.87. The summed E-state index contributed by atoms with van der Waals surface area (Å²) in [4.78, 5) is 13.4. The second-order valence-corrected chi connectivity index (χ2v) is 9.67. The minimum Gasteiger partial charge on any atom is -0.444 e. The molecule has 7 nitrogen and oxygen atoms in total. The van der Waals surface area contributed by atoms with Gasteiger partial charge in [0.2, 0.25) is 0 Å². The van der Waals surface area contributed by atoms with Gasteiger partial charge in [0.05, 0.1) is 6.04 Å². The van der Waals surface area contributed by atoms with Crippen LogP contribution in [0, 0.1) is 11.8 Å². The molecule has 1 amide bonds. The summed E-state index contributed by atoms with van der Waals surface area (Å²) >= 11 is 0. The number of carbonyl (C=O) groups is 1. The molecule has 2 heterocycles. The van der Waals surface area contributed by atoms with E-state index < -0.39 is 21.9 Å². The molecule has 1 N–H and O–H groups in total. The number of hydrogen-bond acceptors (Lipinski definition) is 4. The molecule has 134 valence electrons. The standard InChI is InChI=1S/C15H29N3O4S/c1-11-6-12(2)8-18(7-11)23(20,21)16-13-9-17(10-13)14(19)22-15(3,4)5/h11-13,16H,6-10H2,1-5H3/t11-,12-/m1/s1. The molecule has 2 rings (SSSR count). The van der Waals surface area contributed by atoms with Crippen molar-refractivity contribution >= 4 is 16.3 Å². The van der Waals surface area contributed by atoms with Crippen molar-refractivity contribution in [1.82, 2.24) is 13.9 Å². The highest BCUT2D eigenvalue weighted by Gasteiger charge is 2.38. The van der Waals surface area contributed by atoms with E-state index >= 15 is 0 Å². The number of hydrogen-bond donors (Lipinski definition) is 1. The zero-order valence-electron chi connectivity index (χ0n) is 14.7. The molecule has 0 saturated carbocycles. The van der Waals surface area contributed by atoms with Gasteiger partial charge in [-0.05, 0) is 39.0 Å². The van der Waals surface area contributed by atoms with Crippen LogP contribution in [-0.2, 0) is 14.9 Å². The average molecular weight is 347 g/mol. The van der Waals surface area contributed by atoms with Gasteiger partial charge in [0.25, 0.3) is 10.2 Å². The molecule has 2 saturated heterocycles. The molecule has 0 bridgehead atoms. The van der Waals surface area contributed by atoms with E-state index in [1.54, 1.807) is 0 Å². The minimum atomic E-state index is -3.49. The van der Waals surface area contributed by atoms with Crippen LogP contribution in [-0.4, -0.2) is 61.5 Å². The Labute approximate surface area is 139 Å². The second kappa shape index (κ2) is 6.57. The Morgan fingerprint density at radius 1 is 1.09 bits per heavy atom. The highest BCUT2D eigenvalue weighted by atomic mass is 32.2. The van der Waals surface area contributed by atoms with Crippen molar-refractivity contribution < 1.29 is 17.9 Å². The molecule has 0 aromatic rings. The molecule has 8 heteroatoms. The third-order valence-corrected chi connectivity index (χ3v) is 5.63. The number of nitrogens with zero attached hydrogens (tertiary/aromatic N) is 2. The molecule has 23 heavy (non-hydrogen) atoms. The lowest BCUT2D eigenvalue weighted by atomic mass is 9.94. The summed E-state index contributed by atoms with van der Waals surface area (Å²) in [6.45, 7) is 11.4. The Bertz CT molecular complexity index is 527. The Hall–Kier alpha value is -0.860. The zero-order chi connectivity index (χ0) is 17.4. The van der Waals surface area contributed by atoms with Gasteiger partial charge in [-0.3, -0.25) is 0 Å². The van der Waals surface area contributed by atoms with Gasteiger partial charge >= 0.3 is 6.09 Å². The van der Waals surface area contributed by atoms with Crippen LogP contribution in [0.15, 0.2) is 0 Å². The van der Waals surface area contributed by atoms with Gasteiger partial charge in [0, 0.05) is 26.2 Å². The van der Waals surface area contributed by atoms with Crippen LogP contribution < -0.4 is 4.72 Å². The van der Waals surface area contributed by atoms with Gasteiger partial charge in [-0.15, -0.1) is 0 Å². The van der Waals surface area contributed by atoms with Crippen LogP contribution in [0.3, 0.4) is 0 Å². The number of piperidine rings is 1. The van der Waals surface area contributed by atoms with E-state index in [9.17, 15) is 13.2 Å². The molecule has 0 aliphatic carbocycles. The summed E-state index contributed by atoms with van der Waals surface area (Å²) in [6, 6.07) is -0.236. The molecule has 0 radical (unpaired) electrons. The van der Waals surface area contributed by atoms with Crippen LogP contribution >= 0.6 is 0 Å². The number of likely N-dealkylation sites (tertiary alicyclic amines) is 1. The third-order valence-electron chi connectivity index (χ3n) is 4.02. The molecule has 2 aliphatic heterocycles. The molecule has 0 unspecified atom stereocenters. The lowest BCUT2D eigenvalue weighted by Crippen LogP contribution is -2.63. The normalized spacial score (nSPS) is 27.6. The van der Waals surface area contributed by atoms with E-state index in [0.29, 0.717) is 38.0 Å². The first-order valence-electron chi connectivity index (χ1n) is 8.21. The maximum Gasteiger partial charge on any atom is 0.410 e. The molecule has 0 spiro atoms. The van der Waals surface area contributed by atoms with E-state index in [0.717, 1.165) is 6.42 Å². The highest BCUT2D eigenvalue weighted by Crippen LogP contribution is 2.23. The number of amides is 1. The quantitative estimate of drug-likeness (QED) is 0.837. The van der Waals surface area contributed by atoms with Gasteiger partial charge in [-0.25, -0.2) is 4.79 Å². The van der Waals surface area contributed by atoms with Crippen molar-refractivity contribution in [3.63, 3.8) is 0 Å². The van der Waals surface area contributed by atoms with Crippen molar-refractivity contribution in [3.8, 4) is 0 Å². The van der Waals surface area contributed by atoms with Crippen molar-refractivity contribution in [3.05, 3.63) is 0 Å². The van der Waals surface area contributed by atoms with Crippen LogP contribution in [0.2, 0.25) is 0 Å². The first-order chi connectivity index (χ1) is 10.5. The summed E-state index contributed by atoms with van der Waals surface area (Å²) in [5.41, 5.74) is -0.540. The second-order valence-electron chi connectivity index (χ2n) is 7.97. The maximum absolute atomic E-state index is 12.5. The van der Waals surface area contributed by atoms with Crippen LogP contribution in [0.4, 0.5) is 4.79 Å². The molecule has 2 fully saturated rings. The van der Waals surface area contributed by atoms with Crippen molar-refractivity contribution in [2.45, 2.75) is 52.7 Å². The van der Waals surface area contributed by atoms with E-state index in [2.05, 4.69) is 18.6 Å². The van der Waals surface area contributed by atoms with Gasteiger partial charge in [-0.2, -0.15) is 17.4 Å². The summed E-state index contributed by atoms with van der Waals surface area (Å²) in [6.07, 6.45) is 0.662. The summed E-state index contributed by atoms with van der Waals surface area (Å²) in [7, 11) is -3.49. The average Bonchev–Trinajstić information content (AvgIpc) is 2.29. The van der Waals surface area contributed by atoms with E-state index in [1.165, 1.54) is 9.21 Å². The largest absolute Gasteiger partial charge is 0.444 e. The molecule has 2 aliphatic rings. The van der Waals surface area contributed by atoms with E-state index in [1.807, 2.05) is 20.8 Å². The topological polar surface area (TPSA) is 79.0 Å². The van der Waals surface area contributed by atoms with Gasteiger partial charge in [-0.1, -0.05) is 13.8 Å². The fourth-order valence-corrected chi connectivity index (χ4v) is 4.74. The predicted molar refractivity (Wildman–Crippen MR) is 88.2 cm³/mol. The van der Waals surface area contributed by atoms with Crippen LogP contribution in [0.5, 0.6) is 0 Å². The molecule has 0 aromatic carbocycles. The fourth-order valence-electron chi connectivity index (χ4n) is 3.12. The van der Waals surface area contributed by atoms with Crippen molar-refractivity contribution in [2.75, 3.05) is 26.2 Å². The molecular formula is C15H29N3O4S. The third kappa shape index (κ3) is 5.06. The number of rotatable bonds is 3. The SMILES string of the molecule is C[C@@H]1C[C@@H](C)CN(S(=O)(=O)NC2CN(C(=O)OC(C)(C)C)C2)C1. The van der Waals surface area contributed by atoms with Crippen molar-refractivity contribution in [2.24, 2.45) is 11.8 Å². The number of ether oxygens (including phenoxy) is 1. The summed E-state index contributed by atoms with van der Waals surface area (Å²) < 4.78 is 34.4. The molecular weight excluding hydrogens is 318 g/mol. The van der Waals surface area contributed by atoms with Crippen LogP contribution in [0.25, 0.3) is 0 Å². The lowest BCUT2D eigenvalue weighted by molar-refractivity contribution is 0.00718. The van der Waals surface area contributed by atoms with Gasteiger partial charge in [0.15, 0.2) is 0 Å². The number of carbonyl (C=O) groups excluding carboxylic acids is 1.